The number of anilines is 1. The smallest absolute Gasteiger partial charge is 0.312 e. The minimum absolute atomic E-state index is 0.296. The fourth-order valence-electron chi connectivity index (χ4n) is 2.89. The molecule has 9 heteroatoms. The van der Waals surface area contributed by atoms with Gasteiger partial charge >= 0.3 is 6.18 Å². The molecule has 0 aliphatic carbocycles. The Labute approximate surface area is 155 Å². The maximum Gasteiger partial charge on any atom is 0.416 e. The maximum absolute atomic E-state index is 13.5. The van der Waals surface area contributed by atoms with E-state index in [0.29, 0.717) is 29.0 Å². The molecular formula is C19H12F4N4O. The summed E-state index contributed by atoms with van der Waals surface area (Å²) >= 11 is 0. The second-order valence-electron chi connectivity index (χ2n) is 6.02. The first kappa shape index (κ1) is 17.8. The van der Waals surface area contributed by atoms with Gasteiger partial charge in [-0.3, -0.25) is 15.6 Å². The van der Waals surface area contributed by atoms with Gasteiger partial charge in [-0.1, -0.05) is 12.1 Å². The number of rotatable bonds is 3. The minimum Gasteiger partial charge on any atom is -0.312 e. The molecule has 0 unspecified atom stereocenters. The van der Waals surface area contributed by atoms with Crippen LogP contribution in [0.2, 0.25) is 0 Å². The number of benzene rings is 2. The fourth-order valence-corrected chi connectivity index (χ4v) is 2.89. The van der Waals surface area contributed by atoms with Crippen molar-refractivity contribution in [2.45, 2.75) is 6.18 Å². The van der Waals surface area contributed by atoms with Crippen LogP contribution < -0.4 is 10.9 Å². The van der Waals surface area contributed by atoms with Gasteiger partial charge in [-0.25, -0.2) is 9.37 Å². The quantitative estimate of drug-likeness (QED) is 0.404. The molecule has 0 bridgehead atoms. The van der Waals surface area contributed by atoms with Crippen LogP contribution in [0.1, 0.15) is 15.9 Å². The molecule has 0 atom stereocenters. The van der Waals surface area contributed by atoms with Crippen LogP contribution in [0.15, 0.2) is 60.8 Å². The standard InChI is InChI=1S/C19H12F4N4O/c20-13-9-11(8-12(10-13)19(21,22)23)18(28)26-25-17-16-6-3-7-27(16)15-5-2-1-4-14(15)24-17/h1-10H,(H,24,25)(H,26,28). The zero-order valence-corrected chi connectivity index (χ0v) is 14.1. The van der Waals surface area contributed by atoms with Crippen molar-refractivity contribution in [2.24, 2.45) is 0 Å². The van der Waals surface area contributed by atoms with Gasteiger partial charge in [0.2, 0.25) is 0 Å². The van der Waals surface area contributed by atoms with E-state index in [-0.39, 0.29) is 0 Å². The number of fused-ring (bicyclic) bond motifs is 3. The lowest BCUT2D eigenvalue weighted by Gasteiger charge is -2.13. The molecule has 142 valence electrons. The Kier molecular flexibility index (Phi) is 4.14. The molecule has 4 aromatic rings. The third-order valence-electron chi connectivity index (χ3n) is 4.15. The Morgan fingerprint density at radius 2 is 1.75 bits per heavy atom. The molecule has 0 aliphatic heterocycles. The highest BCUT2D eigenvalue weighted by Crippen LogP contribution is 2.30. The minimum atomic E-state index is -4.76. The Bertz CT molecular complexity index is 1200. The van der Waals surface area contributed by atoms with Crippen LogP contribution in [0.3, 0.4) is 0 Å². The lowest BCUT2D eigenvalue weighted by atomic mass is 10.1. The van der Waals surface area contributed by atoms with Crippen LogP contribution in [0, 0.1) is 5.82 Å². The van der Waals surface area contributed by atoms with E-state index in [0.717, 1.165) is 11.6 Å². The summed E-state index contributed by atoms with van der Waals surface area (Å²) in [5.74, 6) is -1.79. The summed E-state index contributed by atoms with van der Waals surface area (Å²) in [6.07, 6.45) is -2.95. The van der Waals surface area contributed by atoms with Crippen LogP contribution in [0.4, 0.5) is 23.4 Å². The number of hydrazine groups is 1. The van der Waals surface area contributed by atoms with Crippen LogP contribution in [-0.2, 0) is 6.18 Å². The van der Waals surface area contributed by atoms with Gasteiger partial charge in [-0.15, -0.1) is 0 Å². The second-order valence-corrected chi connectivity index (χ2v) is 6.02. The van der Waals surface area contributed by atoms with Gasteiger partial charge < -0.3 is 4.40 Å². The van der Waals surface area contributed by atoms with Crippen molar-refractivity contribution in [2.75, 3.05) is 5.43 Å². The number of aromatic nitrogens is 2. The Hall–Kier alpha value is -3.62. The molecule has 28 heavy (non-hydrogen) atoms. The monoisotopic (exact) mass is 388 g/mol. The van der Waals surface area contributed by atoms with Crippen molar-refractivity contribution >= 4 is 28.3 Å². The van der Waals surface area contributed by atoms with E-state index in [2.05, 4.69) is 15.8 Å². The highest BCUT2D eigenvalue weighted by Gasteiger charge is 2.32. The van der Waals surface area contributed by atoms with E-state index in [1.807, 2.05) is 22.7 Å². The summed E-state index contributed by atoms with van der Waals surface area (Å²) in [6, 6.07) is 12.5. The molecule has 2 aromatic carbocycles. The molecule has 4 rings (SSSR count). The number of hydrogen-bond acceptors (Lipinski definition) is 3. The number of hydrogen-bond donors (Lipinski definition) is 2. The topological polar surface area (TPSA) is 58.4 Å². The summed E-state index contributed by atoms with van der Waals surface area (Å²) < 4.78 is 53.8. The predicted octanol–water partition coefficient (Wildman–Crippen LogP) is 4.40. The maximum atomic E-state index is 13.5. The van der Waals surface area contributed by atoms with Crippen LogP contribution in [0.5, 0.6) is 0 Å². The van der Waals surface area contributed by atoms with Crippen LogP contribution in [-0.4, -0.2) is 15.3 Å². The molecule has 0 fully saturated rings. The van der Waals surface area contributed by atoms with Gasteiger partial charge in [0.25, 0.3) is 5.91 Å². The Balaban J connectivity index is 1.64. The van der Waals surface area contributed by atoms with Crippen molar-refractivity contribution < 1.29 is 22.4 Å². The predicted molar refractivity (Wildman–Crippen MR) is 95.2 cm³/mol. The van der Waals surface area contributed by atoms with Crippen molar-refractivity contribution in [1.29, 1.82) is 0 Å². The zero-order chi connectivity index (χ0) is 19.9. The van der Waals surface area contributed by atoms with Gasteiger partial charge in [-0.05, 0) is 42.5 Å². The summed E-state index contributed by atoms with van der Waals surface area (Å²) in [6.45, 7) is 0. The molecule has 0 radical (unpaired) electrons. The molecule has 1 amide bonds. The molecular weight excluding hydrogens is 376 g/mol. The van der Waals surface area contributed by atoms with Crippen molar-refractivity contribution in [3.63, 3.8) is 0 Å². The van der Waals surface area contributed by atoms with Gasteiger partial charge in [0.1, 0.15) is 5.82 Å². The number of amides is 1. The molecule has 0 spiro atoms. The van der Waals surface area contributed by atoms with Crippen LogP contribution in [0.25, 0.3) is 16.6 Å². The Morgan fingerprint density at radius 1 is 1.00 bits per heavy atom. The van der Waals surface area contributed by atoms with Crippen molar-refractivity contribution in [3.8, 4) is 0 Å². The first-order chi connectivity index (χ1) is 13.3. The van der Waals surface area contributed by atoms with Gasteiger partial charge in [-0.2, -0.15) is 13.2 Å². The van der Waals surface area contributed by atoms with E-state index < -0.39 is 29.0 Å². The van der Waals surface area contributed by atoms with E-state index in [9.17, 15) is 22.4 Å². The van der Waals surface area contributed by atoms with E-state index >= 15 is 0 Å². The number of halogens is 4. The number of alkyl halides is 3. The molecule has 0 aliphatic rings. The molecule has 2 N–H and O–H groups in total. The molecule has 5 nitrogen and oxygen atoms in total. The SMILES string of the molecule is O=C(NNc1nc2ccccc2n2cccc12)c1cc(F)cc(C(F)(F)F)c1. The second kappa shape index (κ2) is 6.52. The highest BCUT2D eigenvalue weighted by atomic mass is 19.4. The van der Waals surface area contributed by atoms with Gasteiger partial charge in [0.05, 0.1) is 22.1 Å². The number of nitrogens with zero attached hydrogens (tertiary/aromatic N) is 2. The summed E-state index contributed by atoms with van der Waals surface area (Å²) in [5, 5.41) is 0. The van der Waals surface area contributed by atoms with E-state index in [4.69, 9.17) is 0 Å². The average Bonchev–Trinajstić information content (AvgIpc) is 3.15. The lowest BCUT2D eigenvalue weighted by Crippen LogP contribution is -2.30. The number of nitrogens with one attached hydrogen (secondary N) is 2. The van der Waals surface area contributed by atoms with Crippen molar-refractivity contribution in [1.82, 2.24) is 14.8 Å². The highest BCUT2D eigenvalue weighted by molar-refractivity contribution is 5.95. The number of para-hydroxylation sites is 2. The first-order valence-electron chi connectivity index (χ1n) is 8.13. The lowest BCUT2D eigenvalue weighted by molar-refractivity contribution is -0.137. The first-order valence-corrected chi connectivity index (χ1v) is 8.13. The summed E-state index contributed by atoms with van der Waals surface area (Å²) in [4.78, 5) is 16.7. The van der Waals surface area contributed by atoms with Crippen LogP contribution >= 0.6 is 0 Å². The van der Waals surface area contributed by atoms with Gasteiger partial charge in [0.15, 0.2) is 5.82 Å². The molecule has 2 aromatic heterocycles. The van der Waals surface area contributed by atoms with E-state index in [1.165, 1.54) is 0 Å². The molecule has 0 saturated heterocycles. The average molecular weight is 388 g/mol. The largest absolute Gasteiger partial charge is 0.416 e. The molecule has 0 saturated carbocycles. The normalized spacial score (nSPS) is 11.7. The summed E-state index contributed by atoms with van der Waals surface area (Å²) in [5.41, 5.74) is 5.31. The Morgan fingerprint density at radius 3 is 2.54 bits per heavy atom. The fraction of sp³-hybridized carbons (Fsp3) is 0.0526. The van der Waals surface area contributed by atoms with Gasteiger partial charge in [0, 0.05) is 11.8 Å². The third kappa shape index (κ3) is 3.22. The van der Waals surface area contributed by atoms with E-state index in [1.54, 1.807) is 24.3 Å². The summed E-state index contributed by atoms with van der Waals surface area (Å²) in [7, 11) is 0. The third-order valence-corrected chi connectivity index (χ3v) is 4.15. The number of carbonyl (C=O) groups is 1. The number of carbonyl (C=O) groups excluding carboxylic acids is 1. The van der Waals surface area contributed by atoms with Crippen molar-refractivity contribution in [3.05, 3.63) is 77.7 Å². The molecule has 2 heterocycles. The zero-order valence-electron chi connectivity index (χ0n) is 14.1.